The van der Waals surface area contributed by atoms with E-state index in [2.05, 4.69) is 9.84 Å². The van der Waals surface area contributed by atoms with Crippen LogP contribution < -0.4 is 14.3 Å². The summed E-state index contributed by atoms with van der Waals surface area (Å²) >= 11 is 7.48. The third-order valence-corrected chi connectivity index (χ3v) is 5.62. The predicted octanol–water partition coefficient (Wildman–Crippen LogP) is 6.59. The van der Waals surface area contributed by atoms with Gasteiger partial charge in [-0.05, 0) is 66.2 Å². The number of nitrogens with zero attached hydrogens (tertiary/aromatic N) is 3. The van der Waals surface area contributed by atoms with Gasteiger partial charge in [-0.25, -0.2) is 9.67 Å². The molecule has 0 aliphatic carbocycles. The Balaban J connectivity index is 1.73. The molecule has 33 heavy (non-hydrogen) atoms. The van der Waals surface area contributed by atoms with Crippen molar-refractivity contribution in [1.29, 1.82) is 0 Å². The molecule has 0 bridgehead atoms. The number of methoxy groups -OCH3 is 1. The summed E-state index contributed by atoms with van der Waals surface area (Å²) in [5.41, 5.74) is 3.22. The Morgan fingerprint density at radius 2 is 1.61 bits per heavy atom. The molecule has 0 atom stereocenters. The van der Waals surface area contributed by atoms with Crippen LogP contribution in [0.15, 0.2) is 88.3 Å². The lowest BCUT2D eigenvalue weighted by atomic mass is 10.2. The first-order valence-corrected chi connectivity index (χ1v) is 11.0. The van der Waals surface area contributed by atoms with Crippen molar-refractivity contribution in [2.24, 2.45) is 10.1 Å². The van der Waals surface area contributed by atoms with Crippen LogP contribution in [0.5, 0.6) is 11.5 Å². The van der Waals surface area contributed by atoms with Gasteiger partial charge in [0.05, 0.1) is 24.7 Å². The second-order valence-electron chi connectivity index (χ2n) is 6.72. The van der Waals surface area contributed by atoms with Crippen LogP contribution in [0.25, 0.3) is 11.3 Å². The average molecular weight is 486 g/mol. The van der Waals surface area contributed by atoms with Gasteiger partial charge in [-0.3, -0.25) is 0 Å². The second-order valence-corrected chi connectivity index (χ2v) is 8.00. The molecule has 1 heterocycles. The maximum absolute atomic E-state index is 12.4. The first-order chi connectivity index (χ1) is 16.0. The van der Waals surface area contributed by atoms with Crippen LogP contribution in [0.3, 0.4) is 0 Å². The molecule has 0 aliphatic rings. The number of hydrogen-bond acceptors (Lipinski definition) is 5. The van der Waals surface area contributed by atoms with E-state index in [0.717, 1.165) is 22.7 Å². The number of benzene rings is 3. The fourth-order valence-electron chi connectivity index (χ4n) is 2.93. The summed E-state index contributed by atoms with van der Waals surface area (Å²) < 4.78 is 36.1. The molecule has 0 radical (unpaired) electrons. The van der Waals surface area contributed by atoms with Gasteiger partial charge in [0, 0.05) is 16.0 Å². The minimum absolute atomic E-state index is 0.0855. The Morgan fingerprint density at radius 3 is 2.24 bits per heavy atom. The zero-order chi connectivity index (χ0) is 23.2. The Hall–Kier alpha value is -3.49. The molecule has 0 aliphatic heterocycles. The van der Waals surface area contributed by atoms with Crippen molar-refractivity contribution in [3.63, 3.8) is 0 Å². The molecule has 0 saturated heterocycles. The van der Waals surface area contributed by atoms with E-state index in [-0.39, 0.29) is 5.75 Å². The lowest BCUT2D eigenvalue weighted by molar-refractivity contribution is -0.0498. The molecule has 1 aromatic heterocycles. The molecule has 9 heteroatoms. The van der Waals surface area contributed by atoms with E-state index in [1.807, 2.05) is 53.9 Å². The Labute approximate surface area is 197 Å². The minimum atomic E-state index is -2.87. The van der Waals surface area contributed by atoms with Gasteiger partial charge in [0.1, 0.15) is 11.5 Å². The van der Waals surface area contributed by atoms with Crippen molar-refractivity contribution in [2.75, 3.05) is 7.11 Å². The maximum atomic E-state index is 12.4. The van der Waals surface area contributed by atoms with Crippen LogP contribution in [0.2, 0.25) is 5.02 Å². The van der Waals surface area contributed by atoms with Crippen LogP contribution in [0.4, 0.5) is 14.5 Å². The van der Waals surface area contributed by atoms with Crippen LogP contribution in [0, 0.1) is 0 Å². The molecule has 168 valence electrons. The minimum Gasteiger partial charge on any atom is -0.497 e. The van der Waals surface area contributed by atoms with Gasteiger partial charge in [-0.1, -0.05) is 23.7 Å². The molecule has 0 saturated carbocycles. The van der Waals surface area contributed by atoms with Crippen LogP contribution in [-0.2, 0) is 0 Å². The lowest BCUT2D eigenvalue weighted by Gasteiger charge is -2.05. The summed E-state index contributed by atoms with van der Waals surface area (Å²) in [6.45, 7) is -2.87. The van der Waals surface area contributed by atoms with Crippen molar-refractivity contribution in [3.8, 4) is 22.8 Å². The molecule has 0 fully saturated rings. The number of halogens is 3. The van der Waals surface area contributed by atoms with Crippen LogP contribution in [-0.4, -0.2) is 24.6 Å². The van der Waals surface area contributed by atoms with Gasteiger partial charge in [0.2, 0.25) is 4.80 Å². The molecule has 0 N–H and O–H groups in total. The molecular formula is C24H18ClF2N3O2S. The summed E-state index contributed by atoms with van der Waals surface area (Å²) in [5, 5.41) is 7.22. The third kappa shape index (κ3) is 5.85. The molecule has 0 unspecified atom stereocenters. The van der Waals surface area contributed by atoms with Gasteiger partial charge in [-0.2, -0.15) is 13.9 Å². The standard InChI is InChI=1S/C24H18ClF2N3O2S/c1-31-20-12-8-19(9-13-20)29-24-30(22(15-33-24)17-4-6-18(25)7-5-17)28-14-16-2-10-21(11-3-16)32-23(26)27/h2-15,23H,1H3/b28-14+,29-24?. The molecule has 3 aromatic carbocycles. The summed E-state index contributed by atoms with van der Waals surface area (Å²) in [6, 6.07) is 21.1. The SMILES string of the molecule is COc1ccc(N=c2scc(-c3ccc(Cl)cc3)n2/N=C/c2ccc(OC(F)F)cc2)cc1. The smallest absolute Gasteiger partial charge is 0.387 e. The normalized spacial score (nSPS) is 12.0. The highest BCUT2D eigenvalue weighted by atomic mass is 35.5. The largest absolute Gasteiger partial charge is 0.497 e. The summed E-state index contributed by atoms with van der Waals surface area (Å²) in [7, 11) is 1.61. The topological polar surface area (TPSA) is 48.1 Å². The average Bonchev–Trinajstić information content (AvgIpc) is 3.21. The van der Waals surface area contributed by atoms with E-state index in [1.54, 1.807) is 30.1 Å². The first-order valence-electron chi connectivity index (χ1n) is 9.76. The number of thiazole rings is 1. The Morgan fingerprint density at radius 1 is 0.939 bits per heavy atom. The monoisotopic (exact) mass is 485 g/mol. The quantitative estimate of drug-likeness (QED) is 0.277. The van der Waals surface area contributed by atoms with Crippen LogP contribution >= 0.6 is 22.9 Å². The molecule has 5 nitrogen and oxygen atoms in total. The Kier molecular flexibility index (Phi) is 7.16. The highest BCUT2D eigenvalue weighted by Gasteiger charge is 2.08. The highest BCUT2D eigenvalue weighted by Crippen LogP contribution is 2.23. The van der Waals surface area contributed by atoms with E-state index >= 15 is 0 Å². The lowest BCUT2D eigenvalue weighted by Crippen LogP contribution is -2.11. The Bertz CT molecular complexity index is 1300. The van der Waals surface area contributed by atoms with Gasteiger partial charge in [0.25, 0.3) is 0 Å². The number of rotatable bonds is 7. The van der Waals surface area contributed by atoms with Gasteiger partial charge in [-0.15, -0.1) is 11.3 Å². The van der Waals surface area contributed by atoms with E-state index in [4.69, 9.17) is 21.3 Å². The molecule has 0 spiro atoms. The second kappa shape index (κ2) is 10.4. The molecule has 4 rings (SSSR count). The van der Waals surface area contributed by atoms with Crippen molar-refractivity contribution in [2.45, 2.75) is 6.61 Å². The molecule has 0 amide bonds. The van der Waals surface area contributed by atoms with E-state index in [0.29, 0.717) is 15.4 Å². The zero-order valence-electron chi connectivity index (χ0n) is 17.4. The van der Waals surface area contributed by atoms with E-state index < -0.39 is 6.61 Å². The third-order valence-electron chi connectivity index (χ3n) is 4.55. The van der Waals surface area contributed by atoms with Crippen LogP contribution in [0.1, 0.15) is 5.56 Å². The fraction of sp³-hybridized carbons (Fsp3) is 0.0833. The van der Waals surface area contributed by atoms with E-state index in [1.165, 1.54) is 23.5 Å². The predicted molar refractivity (Wildman–Crippen MR) is 127 cm³/mol. The number of alkyl halides is 2. The number of aromatic nitrogens is 1. The first kappa shape index (κ1) is 22.7. The fourth-order valence-corrected chi connectivity index (χ4v) is 3.92. The van der Waals surface area contributed by atoms with Crippen molar-refractivity contribution >= 4 is 34.8 Å². The number of hydrogen-bond donors (Lipinski definition) is 0. The van der Waals surface area contributed by atoms with Crippen molar-refractivity contribution in [1.82, 2.24) is 4.68 Å². The van der Waals surface area contributed by atoms with Gasteiger partial charge >= 0.3 is 6.61 Å². The summed E-state index contributed by atoms with van der Waals surface area (Å²) in [6.07, 6.45) is 1.63. The van der Waals surface area contributed by atoms with Crippen molar-refractivity contribution in [3.05, 3.63) is 93.6 Å². The summed E-state index contributed by atoms with van der Waals surface area (Å²) in [5.74, 6) is 0.828. The van der Waals surface area contributed by atoms with E-state index in [9.17, 15) is 8.78 Å². The molecular weight excluding hydrogens is 468 g/mol. The van der Waals surface area contributed by atoms with Gasteiger partial charge < -0.3 is 9.47 Å². The number of ether oxygens (including phenoxy) is 2. The molecule has 4 aromatic rings. The zero-order valence-corrected chi connectivity index (χ0v) is 18.9. The maximum Gasteiger partial charge on any atom is 0.387 e. The van der Waals surface area contributed by atoms with Crippen molar-refractivity contribution < 1.29 is 18.3 Å². The van der Waals surface area contributed by atoms with Gasteiger partial charge in [0.15, 0.2) is 0 Å². The highest BCUT2D eigenvalue weighted by molar-refractivity contribution is 7.07. The summed E-state index contributed by atoms with van der Waals surface area (Å²) in [4.78, 5) is 5.37.